The lowest BCUT2D eigenvalue weighted by Crippen LogP contribution is -2.27. The highest BCUT2D eigenvalue weighted by Crippen LogP contribution is 2.29. The lowest BCUT2D eigenvalue weighted by Gasteiger charge is -2.19. The molecule has 0 aliphatic heterocycles. The number of methoxy groups -OCH3 is 1. The maximum absolute atomic E-state index is 12.4. The van der Waals surface area contributed by atoms with E-state index < -0.39 is 0 Å². The Kier molecular flexibility index (Phi) is 4.82. The Balaban J connectivity index is 1.87. The number of hydrogen-bond donors (Lipinski definition) is 1. The van der Waals surface area contributed by atoms with Gasteiger partial charge in [-0.05, 0) is 36.4 Å². The van der Waals surface area contributed by atoms with Crippen LogP contribution in [0.15, 0.2) is 60.8 Å². The van der Waals surface area contributed by atoms with Gasteiger partial charge in [-0.25, -0.2) is 0 Å². The molecule has 3 aromatic rings. The standard InChI is InChI=1S/C20H17N3O2/c1-23(20(24)17-12-13-21-22-17)18-11-10-16(14-19(18)25-2)9-8-15-6-4-3-5-7-15/h3-7,10-14H,1-2H3,(H,21,22). The molecule has 0 atom stereocenters. The lowest BCUT2D eigenvalue weighted by atomic mass is 10.1. The fourth-order valence-corrected chi connectivity index (χ4v) is 2.36. The molecule has 0 spiro atoms. The number of ether oxygens (including phenoxy) is 1. The first-order valence-electron chi connectivity index (χ1n) is 7.71. The molecule has 0 bridgehead atoms. The second-order valence-corrected chi connectivity index (χ2v) is 5.34. The molecule has 3 rings (SSSR count). The molecular weight excluding hydrogens is 314 g/mol. The zero-order valence-electron chi connectivity index (χ0n) is 14.0. The quantitative estimate of drug-likeness (QED) is 0.750. The minimum absolute atomic E-state index is 0.195. The summed E-state index contributed by atoms with van der Waals surface area (Å²) in [6, 6.07) is 16.9. The van der Waals surface area contributed by atoms with Gasteiger partial charge in [0.15, 0.2) is 0 Å². The van der Waals surface area contributed by atoms with Crippen molar-refractivity contribution in [3.8, 4) is 17.6 Å². The summed E-state index contributed by atoms with van der Waals surface area (Å²) in [6.45, 7) is 0. The van der Waals surface area contributed by atoms with Crippen molar-refractivity contribution in [1.29, 1.82) is 0 Å². The molecule has 5 heteroatoms. The second kappa shape index (κ2) is 7.37. The number of rotatable bonds is 3. The van der Waals surface area contributed by atoms with E-state index in [0.29, 0.717) is 17.1 Å². The molecule has 2 aromatic carbocycles. The Bertz CT molecular complexity index is 923. The summed E-state index contributed by atoms with van der Waals surface area (Å²) in [7, 11) is 3.26. The first kappa shape index (κ1) is 16.3. The highest BCUT2D eigenvalue weighted by atomic mass is 16.5. The van der Waals surface area contributed by atoms with Gasteiger partial charge in [-0.3, -0.25) is 9.89 Å². The first-order valence-corrected chi connectivity index (χ1v) is 7.71. The van der Waals surface area contributed by atoms with Crippen molar-refractivity contribution in [1.82, 2.24) is 10.2 Å². The summed E-state index contributed by atoms with van der Waals surface area (Å²) < 4.78 is 5.44. The summed E-state index contributed by atoms with van der Waals surface area (Å²) in [4.78, 5) is 14.0. The van der Waals surface area contributed by atoms with E-state index in [2.05, 4.69) is 22.0 Å². The molecule has 0 unspecified atom stereocenters. The molecule has 1 amide bonds. The van der Waals surface area contributed by atoms with Crippen LogP contribution < -0.4 is 9.64 Å². The molecule has 124 valence electrons. The van der Waals surface area contributed by atoms with Crippen LogP contribution in [-0.4, -0.2) is 30.3 Å². The monoisotopic (exact) mass is 331 g/mol. The zero-order chi connectivity index (χ0) is 17.6. The van der Waals surface area contributed by atoms with E-state index in [0.717, 1.165) is 11.1 Å². The Labute approximate surface area is 146 Å². The molecule has 0 aliphatic carbocycles. The third-order valence-corrected chi connectivity index (χ3v) is 3.70. The Morgan fingerprint density at radius 3 is 2.52 bits per heavy atom. The number of anilines is 1. The van der Waals surface area contributed by atoms with E-state index in [1.54, 1.807) is 26.4 Å². The minimum atomic E-state index is -0.195. The Hall–Kier alpha value is -3.52. The van der Waals surface area contributed by atoms with Crippen molar-refractivity contribution < 1.29 is 9.53 Å². The summed E-state index contributed by atoms with van der Waals surface area (Å²) >= 11 is 0. The average molecular weight is 331 g/mol. The maximum Gasteiger partial charge on any atom is 0.276 e. The van der Waals surface area contributed by atoms with Crippen molar-refractivity contribution in [2.75, 3.05) is 19.1 Å². The number of carbonyl (C=O) groups is 1. The molecule has 0 saturated heterocycles. The number of nitrogens with zero attached hydrogens (tertiary/aromatic N) is 2. The summed E-state index contributed by atoms with van der Waals surface area (Å²) in [5, 5.41) is 6.48. The van der Waals surface area contributed by atoms with E-state index in [-0.39, 0.29) is 5.91 Å². The van der Waals surface area contributed by atoms with Crippen molar-refractivity contribution in [3.05, 3.63) is 77.6 Å². The predicted octanol–water partition coefficient (Wildman–Crippen LogP) is 3.09. The van der Waals surface area contributed by atoms with Gasteiger partial charge in [0.1, 0.15) is 11.4 Å². The van der Waals surface area contributed by atoms with Crippen LogP contribution in [0, 0.1) is 11.8 Å². The van der Waals surface area contributed by atoms with Crippen LogP contribution in [0.2, 0.25) is 0 Å². The SMILES string of the molecule is COc1cc(C#Cc2ccccc2)ccc1N(C)C(=O)c1ccn[nH]1. The third-order valence-electron chi connectivity index (χ3n) is 3.70. The maximum atomic E-state index is 12.4. The molecule has 25 heavy (non-hydrogen) atoms. The van der Waals surface area contributed by atoms with Gasteiger partial charge in [0, 0.05) is 24.4 Å². The molecular formula is C20H17N3O2. The topological polar surface area (TPSA) is 58.2 Å². The number of carbonyl (C=O) groups excluding carboxylic acids is 1. The average Bonchev–Trinajstić information content (AvgIpc) is 3.20. The normalized spacial score (nSPS) is 9.84. The number of hydrogen-bond acceptors (Lipinski definition) is 3. The zero-order valence-corrected chi connectivity index (χ0v) is 14.0. The fraction of sp³-hybridized carbons (Fsp3) is 0.100. The Morgan fingerprint density at radius 1 is 1.08 bits per heavy atom. The molecule has 0 aliphatic rings. The van der Waals surface area contributed by atoms with Gasteiger partial charge in [0.25, 0.3) is 5.91 Å². The smallest absolute Gasteiger partial charge is 0.276 e. The van der Waals surface area contributed by atoms with Gasteiger partial charge in [-0.1, -0.05) is 30.0 Å². The van der Waals surface area contributed by atoms with Gasteiger partial charge in [0.05, 0.1) is 12.8 Å². The van der Waals surface area contributed by atoms with Crippen LogP contribution in [0.3, 0.4) is 0 Å². The van der Waals surface area contributed by atoms with Crippen LogP contribution >= 0.6 is 0 Å². The molecule has 0 fully saturated rings. The Morgan fingerprint density at radius 2 is 1.84 bits per heavy atom. The van der Waals surface area contributed by atoms with E-state index in [1.807, 2.05) is 48.5 Å². The van der Waals surface area contributed by atoms with Crippen molar-refractivity contribution in [2.24, 2.45) is 0 Å². The number of H-pyrrole nitrogens is 1. The highest BCUT2D eigenvalue weighted by Gasteiger charge is 2.18. The molecule has 5 nitrogen and oxygen atoms in total. The van der Waals surface area contributed by atoms with Gasteiger partial charge < -0.3 is 9.64 Å². The minimum Gasteiger partial charge on any atom is -0.495 e. The van der Waals surface area contributed by atoms with E-state index in [9.17, 15) is 4.79 Å². The van der Waals surface area contributed by atoms with Crippen molar-refractivity contribution in [2.45, 2.75) is 0 Å². The van der Waals surface area contributed by atoms with E-state index in [1.165, 1.54) is 4.90 Å². The summed E-state index contributed by atoms with van der Waals surface area (Å²) in [5.41, 5.74) is 2.83. The number of aromatic amines is 1. The van der Waals surface area contributed by atoms with Gasteiger partial charge in [-0.2, -0.15) is 5.10 Å². The van der Waals surface area contributed by atoms with Crippen LogP contribution in [-0.2, 0) is 0 Å². The third kappa shape index (κ3) is 3.70. The second-order valence-electron chi connectivity index (χ2n) is 5.34. The lowest BCUT2D eigenvalue weighted by molar-refractivity contribution is 0.0987. The molecule has 1 aromatic heterocycles. The summed E-state index contributed by atoms with van der Waals surface area (Å²) in [5.74, 6) is 6.60. The number of benzene rings is 2. The van der Waals surface area contributed by atoms with Gasteiger partial charge >= 0.3 is 0 Å². The van der Waals surface area contributed by atoms with Gasteiger partial charge in [0.2, 0.25) is 0 Å². The summed E-state index contributed by atoms with van der Waals surface area (Å²) in [6.07, 6.45) is 1.54. The van der Waals surface area contributed by atoms with Crippen LogP contribution in [0.5, 0.6) is 5.75 Å². The first-order chi connectivity index (χ1) is 12.2. The van der Waals surface area contributed by atoms with E-state index in [4.69, 9.17) is 4.74 Å². The predicted molar refractivity (Wildman–Crippen MR) is 96.7 cm³/mol. The van der Waals surface area contributed by atoms with E-state index >= 15 is 0 Å². The molecule has 1 N–H and O–H groups in total. The highest BCUT2D eigenvalue weighted by molar-refractivity contribution is 6.05. The fourth-order valence-electron chi connectivity index (χ4n) is 2.36. The van der Waals surface area contributed by atoms with Crippen molar-refractivity contribution >= 4 is 11.6 Å². The van der Waals surface area contributed by atoms with Crippen LogP contribution in [0.1, 0.15) is 21.6 Å². The number of nitrogens with one attached hydrogen (secondary N) is 1. The van der Waals surface area contributed by atoms with Crippen LogP contribution in [0.25, 0.3) is 0 Å². The van der Waals surface area contributed by atoms with Gasteiger partial charge in [-0.15, -0.1) is 0 Å². The molecule has 1 heterocycles. The number of aromatic nitrogens is 2. The molecule has 0 radical (unpaired) electrons. The molecule has 0 saturated carbocycles. The largest absolute Gasteiger partial charge is 0.495 e. The van der Waals surface area contributed by atoms with Crippen molar-refractivity contribution in [3.63, 3.8) is 0 Å². The number of amides is 1. The van der Waals surface area contributed by atoms with Crippen LogP contribution in [0.4, 0.5) is 5.69 Å².